The lowest BCUT2D eigenvalue weighted by Gasteiger charge is -2.31. The third kappa shape index (κ3) is 5.51. The lowest BCUT2D eigenvalue weighted by atomic mass is 9.96. The lowest BCUT2D eigenvalue weighted by Crippen LogP contribution is -2.41. The maximum atomic E-state index is 12.3. The molecule has 0 radical (unpaired) electrons. The summed E-state index contributed by atoms with van der Waals surface area (Å²) in [6.45, 7) is 13.3. The first kappa shape index (κ1) is 22.1. The van der Waals surface area contributed by atoms with Gasteiger partial charge >= 0.3 is 11.8 Å². The molecular formula is C24H33N3O3. The molecule has 2 N–H and O–H groups in total. The number of likely N-dealkylation sites (tertiary alicyclic amines) is 1. The number of rotatable bonds is 5. The van der Waals surface area contributed by atoms with E-state index in [1.54, 1.807) is 0 Å². The van der Waals surface area contributed by atoms with Gasteiger partial charge in [-0.3, -0.25) is 14.5 Å². The summed E-state index contributed by atoms with van der Waals surface area (Å²) >= 11 is 0. The minimum absolute atomic E-state index is 0.396. The molecule has 3 rings (SSSR count). The SMILES string of the molecule is Cc1cc(C)c(NC(=O)C(=O)NCC2CCN(Cc3cc(C)oc3C)CC2)c(C)c1. The smallest absolute Gasteiger partial charge is 0.313 e. The molecule has 0 spiro atoms. The van der Waals surface area contributed by atoms with Crippen molar-refractivity contribution in [3.63, 3.8) is 0 Å². The van der Waals surface area contributed by atoms with Crippen LogP contribution >= 0.6 is 0 Å². The molecule has 2 amide bonds. The normalized spacial score (nSPS) is 15.2. The molecule has 1 saturated heterocycles. The van der Waals surface area contributed by atoms with Crippen molar-refractivity contribution in [2.75, 3.05) is 25.0 Å². The summed E-state index contributed by atoms with van der Waals surface area (Å²) in [4.78, 5) is 27.0. The van der Waals surface area contributed by atoms with Gasteiger partial charge in [-0.15, -0.1) is 0 Å². The molecule has 0 aliphatic carbocycles. The molecule has 2 aromatic rings. The highest BCUT2D eigenvalue weighted by Crippen LogP contribution is 2.23. The Morgan fingerprint density at radius 1 is 1.00 bits per heavy atom. The number of amides is 2. The zero-order chi connectivity index (χ0) is 21.8. The molecule has 0 atom stereocenters. The Labute approximate surface area is 179 Å². The van der Waals surface area contributed by atoms with E-state index in [0.717, 1.165) is 66.4 Å². The summed E-state index contributed by atoms with van der Waals surface area (Å²) in [5.41, 5.74) is 5.03. The van der Waals surface area contributed by atoms with Crippen molar-refractivity contribution < 1.29 is 14.0 Å². The number of nitrogens with zero attached hydrogens (tertiary/aromatic N) is 1. The number of furan rings is 1. The highest BCUT2D eigenvalue weighted by atomic mass is 16.3. The van der Waals surface area contributed by atoms with Crippen LogP contribution < -0.4 is 10.6 Å². The minimum Gasteiger partial charge on any atom is -0.466 e. The van der Waals surface area contributed by atoms with Crippen LogP contribution in [0, 0.1) is 40.5 Å². The fraction of sp³-hybridized carbons (Fsp3) is 0.500. The van der Waals surface area contributed by atoms with E-state index < -0.39 is 11.8 Å². The Kier molecular flexibility index (Phi) is 6.98. The third-order valence-corrected chi connectivity index (χ3v) is 5.92. The topological polar surface area (TPSA) is 74.6 Å². The van der Waals surface area contributed by atoms with Gasteiger partial charge in [-0.1, -0.05) is 17.7 Å². The van der Waals surface area contributed by atoms with Gasteiger partial charge in [0.1, 0.15) is 11.5 Å². The van der Waals surface area contributed by atoms with Gasteiger partial charge in [0.2, 0.25) is 0 Å². The van der Waals surface area contributed by atoms with E-state index in [1.807, 2.05) is 46.8 Å². The van der Waals surface area contributed by atoms with E-state index in [2.05, 4.69) is 21.6 Å². The van der Waals surface area contributed by atoms with E-state index >= 15 is 0 Å². The van der Waals surface area contributed by atoms with Crippen molar-refractivity contribution in [2.45, 2.75) is 54.0 Å². The number of nitrogens with one attached hydrogen (secondary N) is 2. The van der Waals surface area contributed by atoms with Crippen molar-refractivity contribution in [1.29, 1.82) is 0 Å². The van der Waals surface area contributed by atoms with Crippen LogP contribution in [0.1, 0.15) is 46.6 Å². The highest BCUT2D eigenvalue weighted by Gasteiger charge is 2.22. The molecule has 6 heteroatoms. The zero-order valence-electron chi connectivity index (χ0n) is 18.7. The molecule has 1 aromatic heterocycles. The van der Waals surface area contributed by atoms with E-state index in [4.69, 9.17) is 4.42 Å². The maximum Gasteiger partial charge on any atom is 0.313 e. The average molecular weight is 412 g/mol. The molecule has 0 unspecified atom stereocenters. The number of hydrogen-bond donors (Lipinski definition) is 2. The Balaban J connectivity index is 1.43. The largest absolute Gasteiger partial charge is 0.466 e. The second kappa shape index (κ2) is 9.47. The summed E-state index contributed by atoms with van der Waals surface area (Å²) in [6, 6.07) is 6.11. The van der Waals surface area contributed by atoms with E-state index in [9.17, 15) is 9.59 Å². The highest BCUT2D eigenvalue weighted by molar-refractivity contribution is 6.39. The van der Waals surface area contributed by atoms with Crippen molar-refractivity contribution in [2.24, 2.45) is 5.92 Å². The second-order valence-corrected chi connectivity index (χ2v) is 8.60. The molecule has 1 aliphatic heterocycles. The lowest BCUT2D eigenvalue weighted by molar-refractivity contribution is -0.136. The van der Waals surface area contributed by atoms with Crippen LogP contribution in [-0.4, -0.2) is 36.3 Å². The number of anilines is 1. The van der Waals surface area contributed by atoms with E-state index in [0.29, 0.717) is 12.5 Å². The van der Waals surface area contributed by atoms with E-state index in [1.165, 1.54) is 5.56 Å². The number of carbonyl (C=O) groups excluding carboxylic acids is 2. The van der Waals surface area contributed by atoms with Crippen LogP contribution in [0.25, 0.3) is 0 Å². The first-order chi connectivity index (χ1) is 14.2. The van der Waals surface area contributed by atoms with Crippen LogP contribution in [0.2, 0.25) is 0 Å². The number of carbonyl (C=O) groups is 2. The standard InChI is InChI=1S/C24H33N3O3/c1-15-10-16(2)22(17(3)11-15)26-24(29)23(28)25-13-20-6-8-27(9-7-20)14-21-12-18(4)30-19(21)5/h10-12,20H,6-9,13-14H2,1-5H3,(H,25,28)(H,26,29). The van der Waals surface area contributed by atoms with Crippen LogP contribution in [0.3, 0.4) is 0 Å². The van der Waals surface area contributed by atoms with Crippen molar-refractivity contribution >= 4 is 17.5 Å². The van der Waals surface area contributed by atoms with Gasteiger partial charge in [-0.2, -0.15) is 0 Å². The van der Waals surface area contributed by atoms with Crippen LogP contribution in [0.4, 0.5) is 5.69 Å². The fourth-order valence-electron chi connectivity index (χ4n) is 4.29. The number of hydrogen-bond acceptors (Lipinski definition) is 4. The first-order valence-corrected chi connectivity index (χ1v) is 10.7. The summed E-state index contributed by atoms with van der Waals surface area (Å²) < 4.78 is 5.62. The van der Waals surface area contributed by atoms with Crippen LogP contribution in [-0.2, 0) is 16.1 Å². The molecule has 0 saturated carbocycles. The number of benzene rings is 1. The Morgan fingerprint density at radius 2 is 1.63 bits per heavy atom. The molecular weight excluding hydrogens is 378 g/mol. The summed E-state index contributed by atoms with van der Waals surface area (Å²) in [6.07, 6.45) is 2.02. The minimum atomic E-state index is -0.603. The van der Waals surface area contributed by atoms with Crippen molar-refractivity contribution in [3.8, 4) is 0 Å². The molecule has 0 bridgehead atoms. The van der Waals surface area contributed by atoms with Gasteiger partial charge in [-0.05, 0) is 83.7 Å². The first-order valence-electron chi connectivity index (χ1n) is 10.7. The Hall–Kier alpha value is -2.60. The summed E-state index contributed by atoms with van der Waals surface area (Å²) in [7, 11) is 0. The molecule has 2 heterocycles. The molecule has 162 valence electrons. The molecule has 1 aromatic carbocycles. The zero-order valence-corrected chi connectivity index (χ0v) is 18.7. The van der Waals surface area contributed by atoms with Crippen molar-refractivity contribution in [3.05, 3.63) is 52.0 Å². The molecule has 1 aliphatic rings. The van der Waals surface area contributed by atoms with Gasteiger partial charge in [-0.25, -0.2) is 0 Å². The third-order valence-electron chi connectivity index (χ3n) is 5.92. The van der Waals surface area contributed by atoms with Gasteiger partial charge in [0.15, 0.2) is 0 Å². The van der Waals surface area contributed by atoms with Gasteiger partial charge < -0.3 is 15.1 Å². The van der Waals surface area contributed by atoms with Crippen LogP contribution in [0.5, 0.6) is 0 Å². The van der Waals surface area contributed by atoms with E-state index in [-0.39, 0.29) is 0 Å². The van der Waals surface area contributed by atoms with Crippen LogP contribution in [0.15, 0.2) is 22.6 Å². The molecule has 1 fully saturated rings. The predicted octanol–water partition coefficient (Wildman–Crippen LogP) is 3.79. The molecule has 30 heavy (non-hydrogen) atoms. The number of piperidine rings is 1. The fourth-order valence-corrected chi connectivity index (χ4v) is 4.29. The van der Waals surface area contributed by atoms with Gasteiger partial charge in [0, 0.05) is 24.3 Å². The maximum absolute atomic E-state index is 12.3. The van der Waals surface area contributed by atoms with Gasteiger partial charge in [0.25, 0.3) is 0 Å². The number of aryl methyl sites for hydroxylation is 5. The average Bonchev–Trinajstić information content (AvgIpc) is 3.00. The Morgan fingerprint density at radius 3 is 2.20 bits per heavy atom. The molecule has 6 nitrogen and oxygen atoms in total. The van der Waals surface area contributed by atoms with Crippen molar-refractivity contribution in [1.82, 2.24) is 10.2 Å². The quantitative estimate of drug-likeness (QED) is 0.734. The summed E-state index contributed by atoms with van der Waals surface area (Å²) in [5.74, 6) is 1.17. The monoisotopic (exact) mass is 411 g/mol. The second-order valence-electron chi connectivity index (χ2n) is 8.60. The Bertz CT molecular complexity index is 901. The predicted molar refractivity (Wildman–Crippen MR) is 118 cm³/mol. The van der Waals surface area contributed by atoms with Gasteiger partial charge in [0.05, 0.1) is 0 Å². The summed E-state index contributed by atoms with van der Waals surface area (Å²) in [5, 5.41) is 5.58.